The van der Waals surface area contributed by atoms with Crippen LogP contribution in [0.1, 0.15) is 23.3 Å². The molecule has 0 radical (unpaired) electrons. The number of hydrogen-bond donors (Lipinski definition) is 4. The van der Waals surface area contributed by atoms with Crippen molar-refractivity contribution in [2.45, 2.75) is 17.7 Å². The Hall–Kier alpha value is -1.38. The average molecular weight is 258 g/mol. The lowest BCUT2D eigenvalue weighted by molar-refractivity contribution is 0.0949. The fourth-order valence-corrected chi connectivity index (χ4v) is 2.48. The van der Waals surface area contributed by atoms with E-state index < -0.39 is 15.9 Å². The van der Waals surface area contributed by atoms with Crippen LogP contribution in [0.2, 0.25) is 0 Å². The van der Waals surface area contributed by atoms with Crippen LogP contribution >= 0.6 is 0 Å². The number of nitrogen functional groups attached to an aromatic ring is 1. The number of hydrogen-bond acceptors (Lipinski definition) is 4. The number of rotatable bonds is 5. The first-order valence-corrected chi connectivity index (χ1v) is 6.70. The van der Waals surface area contributed by atoms with Crippen LogP contribution in [0.25, 0.3) is 0 Å². The summed E-state index contributed by atoms with van der Waals surface area (Å²) in [6, 6.07) is 1.25. The van der Waals surface area contributed by atoms with Crippen LogP contribution in [0, 0.1) is 5.92 Å². The molecule has 0 unspecified atom stereocenters. The Bertz CT molecular complexity index is 518. The van der Waals surface area contributed by atoms with Crippen molar-refractivity contribution in [2.24, 2.45) is 11.8 Å². The first-order valence-electron chi connectivity index (χ1n) is 5.22. The number of nitrogens with two attached hydrogens (primary N) is 1. The summed E-state index contributed by atoms with van der Waals surface area (Å²) in [7, 11) is -3.54. The number of nitrogens with one attached hydrogen (secondary N) is 3. The van der Waals surface area contributed by atoms with E-state index in [0.29, 0.717) is 12.5 Å². The van der Waals surface area contributed by atoms with Gasteiger partial charge < -0.3 is 4.98 Å². The zero-order valence-corrected chi connectivity index (χ0v) is 9.88. The van der Waals surface area contributed by atoms with E-state index in [0.717, 1.165) is 12.8 Å². The van der Waals surface area contributed by atoms with Gasteiger partial charge in [0, 0.05) is 12.7 Å². The maximum atomic E-state index is 11.8. The molecule has 7 nitrogen and oxygen atoms in total. The van der Waals surface area contributed by atoms with Crippen molar-refractivity contribution in [3.63, 3.8) is 0 Å². The number of aromatic amines is 1. The molecule has 1 aromatic rings. The van der Waals surface area contributed by atoms with Crippen molar-refractivity contribution in [1.82, 2.24) is 15.1 Å². The second-order valence-corrected chi connectivity index (χ2v) is 5.78. The Morgan fingerprint density at radius 1 is 1.53 bits per heavy atom. The molecule has 1 heterocycles. The first kappa shape index (κ1) is 12.1. The highest BCUT2D eigenvalue weighted by atomic mass is 32.2. The lowest BCUT2D eigenvalue weighted by atomic mass is 10.4. The highest BCUT2D eigenvalue weighted by molar-refractivity contribution is 7.89. The van der Waals surface area contributed by atoms with E-state index in [9.17, 15) is 13.2 Å². The van der Waals surface area contributed by atoms with Crippen molar-refractivity contribution in [3.05, 3.63) is 18.0 Å². The molecule has 0 bridgehead atoms. The van der Waals surface area contributed by atoms with Gasteiger partial charge in [0.15, 0.2) is 0 Å². The Morgan fingerprint density at radius 2 is 2.24 bits per heavy atom. The Labute approximate surface area is 98.8 Å². The van der Waals surface area contributed by atoms with Crippen LogP contribution in [0.4, 0.5) is 0 Å². The van der Waals surface area contributed by atoms with Gasteiger partial charge in [0.25, 0.3) is 5.91 Å². The maximum absolute atomic E-state index is 11.8. The topological polar surface area (TPSA) is 117 Å². The molecule has 17 heavy (non-hydrogen) atoms. The molecule has 0 saturated heterocycles. The Morgan fingerprint density at radius 3 is 2.82 bits per heavy atom. The highest BCUT2D eigenvalue weighted by Crippen LogP contribution is 2.28. The average Bonchev–Trinajstić information content (AvgIpc) is 3.00. The second-order valence-electron chi connectivity index (χ2n) is 4.02. The minimum atomic E-state index is -3.54. The van der Waals surface area contributed by atoms with Crippen LogP contribution in [-0.4, -0.2) is 25.9 Å². The molecule has 1 saturated carbocycles. The molecule has 0 spiro atoms. The third-order valence-electron chi connectivity index (χ3n) is 2.60. The summed E-state index contributed by atoms with van der Waals surface area (Å²) in [5.41, 5.74) is 2.03. The molecule has 5 N–H and O–H groups in total. The number of carbonyl (C=O) groups is 1. The first-order chi connectivity index (χ1) is 8.03. The quantitative estimate of drug-likeness (QED) is 0.317. The maximum Gasteiger partial charge on any atom is 0.281 e. The van der Waals surface area contributed by atoms with E-state index in [-0.39, 0.29) is 10.6 Å². The predicted octanol–water partition coefficient (Wildman–Crippen LogP) is -0.694. The molecular formula is C9H14N4O3S. The van der Waals surface area contributed by atoms with Gasteiger partial charge in [-0.3, -0.25) is 10.2 Å². The predicted molar refractivity (Wildman–Crippen MR) is 60.4 cm³/mol. The molecule has 0 aromatic carbocycles. The van der Waals surface area contributed by atoms with Gasteiger partial charge in [0.2, 0.25) is 10.0 Å². The fraction of sp³-hybridized carbons (Fsp3) is 0.444. The van der Waals surface area contributed by atoms with Crippen LogP contribution in [0.5, 0.6) is 0 Å². The summed E-state index contributed by atoms with van der Waals surface area (Å²) in [4.78, 5) is 13.7. The minimum Gasteiger partial charge on any atom is -0.356 e. The summed E-state index contributed by atoms with van der Waals surface area (Å²) in [6.07, 6.45) is 3.40. The van der Waals surface area contributed by atoms with Crippen molar-refractivity contribution >= 4 is 15.9 Å². The summed E-state index contributed by atoms with van der Waals surface area (Å²) < 4.78 is 26.1. The van der Waals surface area contributed by atoms with E-state index in [1.165, 1.54) is 12.3 Å². The lowest BCUT2D eigenvalue weighted by Gasteiger charge is -2.02. The third-order valence-corrected chi connectivity index (χ3v) is 4.00. The molecular weight excluding hydrogens is 244 g/mol. The fourth-order valence-electron chi connectivity index (χ4n) is 1.37. The molecule has 1 amide bonds. The normalized spacial score (nSPS) is 15.8. The van der Waals surface area contributed by atoms with Crippen molar-refractivity contribution in [1.29, 1.82) is 0 Å². The van der Waals surface area contributed by atoms with Crippen molar-refractivity contribution in [3.8, 4) is 0 Å². The van der Waals surface area contributed by atoms with Gasteiger partial charge in [0.1, 0.15) is 10.6 Å². The van der Waals surface area contributed by atoms with Crippen LogP contribution in [0.15, 0.2) is 17.2 Å². The summed E-state index contributed by atoms with van der Waals surface area (Å²) >= 11 is 0. The molecule has 0 atom stereocenters. The van der Waals surface area contributed by atoms with E-state index in [4.69, 9.17) is 5.84 Å². The van der Waals surface area contributed by atoms with E-state index in [1.807, 2.05) is 5.43 Å². The van der Waals surface area contributed by atoms with Gasteiger partial charge >= 0.3 is 0 Å². The molecule has 2 rings (SSSR count). The Kier molecular flexibility index (Phi) is 3.18. The smallest absolute Gasteiger partial charge is 0.281 e. The second kappa shape index (κ2) is 4.47. The van der Waals surface area contributed by atoms with Gasteiger partial charge in [-0.15, -0.1) is 0 Å². The molecule has 1 aromatic heterocycles. The molecule has 1 aliphatic rings. The largest absolute Gasteiger partial charge is 0.356 e. The molecule has 8 heteroatoms. The Balaban J connectivity index is 2.09. The standard InChI is InChI=1S/C9H14N4O3S/c10-13-9(14)8-3-7(5-11-8)17(15,16)12-4-6-1-2-6/h3,5-6,11-12H,1-2,4,10H2,(H,13,14). The number of sulfonamides is 1. The number of hydrazine groups is 1. The number of amides is 1. The minimum absolute atomic E-state index is 0.0387. The van der Waals surface area contributed by atoms with Gasteiger partial charge in [-0.1, -0.05) is 0 Å². The monoisotopic (exact) mass is 258 g/mol. The lowest BCUT2D eigenvalue weighted by Crippen LogP contribution is -2.30. The number of aromatic nitrogens is 1. The van der Waals surface area contributed by atoms with Crippen LogP contribution in [-0.2, 0) is 10.0 Å². The van der Waals surface area contributed by atoms with E-state index in [2.05, 4.69) is 9.71 Å². The summed E-state index contributed by atoms with van der Waals surface area (Å²) in [6.45, 7) is 0.450. The SMILES string of the molecule is NNC(=O)c1cc(S(=O)(=O)NCC2CC2)c[nH]1. The number of H-pyrrole nitrogens is 1. The van der Waals surface area contributed by atoms with Crippen molar-refractivity contribution in [2.75, 3.05) is 6.54 Å². The molecule has 1 fully saturated rings. The van der Waals surface area contributed by atoms with E-state index >= 15 is 0 Å². The van der Waals surface area contributed by atoms with Gasteiger partial charge in [0.05, 0.1) is 0 Å². The zero-order valence-electron chi connectivity index (χ0n) is 9.06. The molecule has 1 aliphatic carbocycles. The van der Waals surface area contributed by atoms with Crippen LogP contribution < -0.4 is 16.0 Å². The van der Waals surface area contributed by atoms with Crippen LogP contribution in [0.3, 0.4) is 0 Å². The summed E-state index contributed by atoms with van der Waals surface area (Å²) in [5, 5.41) is 0. The molecule has 0 aliphatic heterocycles. The van der Waals surface area contributed by atoms with Gasteiger partial charge in [-0.25, -0.2) is 19.0 Å². The van der Waals surface area contributed by atoms with Gasteiger partial charge in [-0.2, -0.15) is 0 Å². The third kappa shape index (κ3) is 2.84. The highest BCUT2D eigenvalue weighted by Gasteiger charge is 2.25. The van der Waals surface area contributed by atoms with Crippen molar-refractivity contribution < 1.29 is 13.2 Å². The molecule has 94 valence electrons. The number of carbonyl (C=O) groups excluding carboxylic acids is 1. The zero-order chi connectivity index (χ0) is 12.5. The van der Waals surface area contributed by atoms with Gasteiger partial charge in [-0.05, 0) is 24.8 Å². The summed E-state index contributed by atoms with van der Waals surface area (Å²) in [5.74, 6) is 4.84. The van der Waals surface area contributed by atoms with E-state index in [1.54, 1.807) is 0 Å².